The maximum atomic E-state index is 5.67. The maximum absolute atomic E-state index is 5.67. The van der Waals surface area contributed by atoms with E-state index in [2.05, 4.69) is 174 Å². The summed E-state index contributed by atoms with van der Waals surface area (Å²) in [7, 11) is 0. The van der Waals surface area contributed by atoms with E-state index < -0.39 is 0 Å². The Kier molecular flexibility index (Phi) is 6.10. The average molecular weight is 701 g/mol. The molecule has 256 valence electrons. The van der Waals surface area contributed by atoms with Gasteiger partial charge in [-0.15, -0.1) is 0 Å². The number of rotatable bonds is 4. The lowest BCUT2D eigenvalue weighted by Gasteiger charge is -2.14. The Bertz CT molecular complexity index is 3630. The summed E-state index contributed by atoms with van der Waals surface area (Å²) in [6.45, 7) is 6.22. The number of para-hydroxylation sites is 1. The summed E-state index contributed by atoms with van der Waals surface area (Å²) in [6.07, 6.45) is 6.07. The number of hydrogen-bond acceptors (Lipinski definition) is 2. The second-order valence-corrected chi connectivity index (χ2v) is 14.7. The molecule has 4 nitrogen and oxygen atoms in total. The van der Waals surface area contributed by atoms with Gasteiger partial charge >= 0.3 is 0 Å². The summed E-state index contributed by atoms with van der Waals surface area (Å²) in [5.74, 6) is 0.655. The first kappa shape index (κ1) is 30.2. The zero-order chi connectivity index (χ0) is 36.4. The van der Waals surface area contributed by atoms with Gasteiger partial charge in [-0.3, -0.25) is 4.57 Å². The molecule has 55 heavy (non-hydrogen) atoms. The first-order valence-corrected chi connectivity index (χ1v) is 18.8. The van der Waals surface area contributed by atoms with Gasteiger partial charge in [0.2, 0.25) is 5.95 Å². The Balaban J connectivity index is 1.30. The van der Waals surface area contributed by atoms with Crippen molar-refractivity contribution in [1.82, 2.24) is 18.9 Å². The van der Waals surface area contributed by atoms with E-state index in [0.29, 0.717) is 5.95 Å². The fraction of sp³-hybridized carbons (Fsp3) is 0.0196. The van der Waals surface area contributed by atoms with Gasteiger partial charge in [-0.25, -0.2) is 9.97 Å². The topological polar surface area (TPSA) is 35.1 Å². The summed E-state index contributed by atoms with van der Waals surface area (Å²) in [6, 6.07) is 52.7. The standard InChI is InChI=1S/C51H32N4/c1-3-4-20-43-30(2)39-29-41-40-27-34-16-7-8-17-35(34)28-45(40)55(50(41)47-38-19-11-12-21-44(38)54(43)49(39)47)51-52-42-25-24-32-14-9-10-18-37(32)46(42)48(53-51)36-23-22-31-13-5-6-15-33(31)26-36/h3-29H,1H2,2H3/b20-4-. The molecule has 0 amide bonds. The molecule has 0 spiro atoms. The number of benzene rings is 8. The van der Waals surface area contributed by atoms with E-state index in [9.17, 15) is 0 Å². The van der Waals surface area contributed by atoms with Gasteiger partial charge in [0, 0.05) is 43.6 Å². The highest BCUT2D eigenvalue weighted by Crippen LogP contribution is 2.47. The molecule has 4 aromatic heterocycles. The molecular weight excluding hydrogens is 669 g/mol. The number of fused-ring (bicyclic) bond motifs is 12. The normalized spacial score (nSPS) is 12.5. The van der Waals surface area contributed by atoms with E-state index in [4.69, 9.17) is 9.97 Å². The molecule has 0 aliphatic rings. The van der Waals surface area contributed by atoms with Gasteiger partial charge in [0.25, 0.3) is 0 Å². The van der Waals surface area contributed by atoms with Gasteiger partial charge in [-0.1, -0.05) is 128 Å². The molecule has 0 fully saturated rings. The molecule has 12 aromatic rings. The monoisotopic (exact) mass is 700 g/mol. The fourth-order valence-corrected chi connectivity index (χ4v) is 9.28. The van der Waals surface area contributed by atoms with Crippen molar-refractivity contribution in [2.45, 2.75) is 6.92 Å². The third kappa shape index (κ3) is 4.11. The molecule has 0 radical (unpaired) electrons. The van der Waals surface area contributed by atoms with Crippen molar-refractivity contribution in [3.8, 4) is 17.2 Å². The van der Waals surface area contributed by atoms with Crippen LogP contribution in [0.2, 0.25) is 0 Å². The van der Waals surface area contributed by atoms with Crippen LogP contribution in [-0.4, -0.2) is 18.9 Å². The first-order valence-electron chi connectivity index (χ1n) is 18.8. The number of aromatic nitrogens is 4. The first-order chi connectivity index (χ1) is 27.2. The number of nitrogens with zero attached hydrogens (tertiary/aromatic N) is 4. The summed E-state index contributed by atoms with van der Waals surface area (Å²) in [5.41, 5.74) is 9.91. The highest BCUT2D eigenvalue weighted by molar-refractivity contribution is 6.31. The predicted octanol–water partition coefficient (Wildman–Crippen LogP) is 13.4. The number of aryl methyl sites for hydroxylation is 1. The lowest BCUT2D eigenvalue weighted by atomic mass is 9.98. The van der Waals surface area contributed by atoms with Crippen molar-refractivity contribution in [3.05, 3.63) is 176 Å². The molecule has 0 unspecified atom stereocenters. The van der Waals surface area contributed by atoms with Crippen LogP contribution in [0.5, 0.6) is 0 Å². The van der Waals surface area contributed by atoms with Gasteiger partial charge in [0.15, 0.2) is 0 Å². The van der Waals surface area contributed by atoms with Crippen molar-refractivity contribution in [2.24, 2.45) is 0 Å². The van der Waals surface area contributed by atoms with Crippen LogP contribution in [-0.2, 0) is 0 Å². The third-order valence-corrected chi connectivity index (χ3v) is 11.7. The zero-order valence-electron chi connectivity index (χ0n) is 30.1. The van der Waals surface area contributed by atoms with E-state index in [1.54, 1.807) is 0 Å². The highest BCUT2D eigenvalue weighted by atomic mass is 15.2. The fourth-order valence-electron chi connectivity index (χ4n) is 9.28. The van der Waals surface area contributed by atoms with Crippen LogP contribution in [0.15, 0.2) is 164 Å². The Hall–Kier alpha value is -7.30. The Morgan fingerprint density at radius 1 is 0.527 bits per heavy atom. The van der Waals surface area contributed by atoms with Crippen LogP contribution >= 0.6 is 0 Å². The summed E-state index contributed by atoms with van der Waals surface area (Å²) >= 11 is 0. The molecular formula is C51H32N4. The van der Waals surface area contributed by atoms with Crippen LogP contribution < -0.4 is 0 Å². The minimum atomic E-state index is 0.655. The molecule has 0 atom stereocenters. The van der Waals surface area contributed by atoms with E-state index in [1.807, 2.05) is 12.2 Å². The maximum Gasteiger partial charge on any atom is 0.235 e. The van der Waals surface area contributed by atoms with Crippen LogP contribution in [0.3, 0.4) is 0 Å². The van der Waals surface area contributed by atoms with Gasteiger partial charge in [0.05, 0.1) is 33.3 Å². The number of hydrogen-bond donors (Lipinski definition) is 0. The SMILES string of the molecule is C=C/C=C\c1c(C)c2cc3c4cc5ccccc5cc4n(-c4nc(-c5ccc6ccccc6c5)c5c(ccc6ccccc65)n4)c3c3c4ccccc4n1c23. The number of allylic oxidation sites excluding steroid dienone is 2. The molecule has 0 saturated heterocycles. The van der Waals surface area contributed by atoms with Gasteiger partial charge < -0.3 is 4.40 Å². The lowest BCUT2D eigenvalue weighted by Crippen LogP contribution is -2.04. The van der Waals surface area contributed by atoms with E-state index in [0.717, 1.165) is 38.6 Å². The molecule has 4 heteroatoms. The molecule has 0 saturated carbocycles. The summed E-state index contributed by atoms with van der Waals surface area (Å²) in [4.78, 5) is 11.2. The van der Waals surface area contributed by atoms with Crippen molar-refractivity contribution in [1.29, 1.82) is 0 Å². The van der Waals surface area contributed by atoms with E-state index in [-0.39, 0.29) is 0 Å². The molecule has 0 N–H and O–H groups in total. The van der Waals surface area contributed by atoms with Crippen LogP contribution in [0.25, 0.3) is 115 Å². The van der Waals surface area contributed by atoms with Gasteiger partial charge in [-0.2, -0.15) is 0 Å². The molecule has 0 aliphatic heterocycles. The molecule has 0 aliphatic carbocycles. The van der Waals surface area contributed by atoms with E-state index >= 15 is 0 Å². The van der Waals surface area contributed by atoms with Crippen molar-refractivity contribution < 1.29 is 0 Å². The Morgan fingerprint density at radius 2 is 1.22 bits per heavy atom. The van der Waals surface area contributed by atoms with E-state index in [1.165, 1.54) is 76.2 Å². The minimum absolute atomic E-state index is 0.655. The summed E-state index contributed by atoms with van der Waals surface area (Å²) < 4.78 is 4.78. The largest absolute Gasteiger partial charge is 0.308 e. The van der Waals surface area contributed by atoms with Gasteiger partial charge in [0.1, 0.15) is 0 Å². The van der Waals surface area contributed by atoms with Crippen LogP contribution in [0.1, 0.15) is 11.3 Å². The third-order valence-electron chi connectivity index (χ3n) is 11.7. The molecule has 8 aromatic carbocycles. The molecule has 4 heterocycles. The van der Waals surface area contributed by atoms with Crippen molar-refractivity contribution >= 4 is 98.3 Å². The van der Waals surface area contributed by atoms with Crippen LogP contribution in [0.4, 0.5) is 0 Å². The second kappa shape index (κ2) is 11.1. The van der Waals surface area contributed by atoms with Crippen molar-refractivity contribution in [3.63, 3.8) is 0 Å². The van der Waals surface area contributed by atoms with Gasteiger partial charge in [-0.05, 0) is 87.3 Å². The minimum Gasteiger partial charge on any atom is -0.308 e. The molecule has 12 rings (SSSR count). The summed E-state index contributed by atoms with van der Waals surface area (Å²) in [5, 5.41) is 14.2. The Labute approximate surface area is 315 Å². The molecule has 0 bridgehead atoms. The second-order valence-electron chi connectivity index (χ2n) is 14.7. The highest BCUT2D eigenvalue weighted by Gasteiger charge is 2.26. The quantitative estimate of drug-likeness (QED) is 0.135. The lowest BCUT2D eigenvalue weighted by molar-refractivity contribution is 1.02. The van der Waals surface area contributed by atoms with Crippen molar-refractivity contribution in [2.75, 3.05) is 0 Å². The smallest absolute Gasteiger partial charge is 0.235 e. The van der Waals surface area contributed by atoms with Crippen LogP contribution in [0, 0.1) is 6.92 Å². The zero-order valence-corrected chi connectivity index (χ0v) is 30.1. The predicted molar refractivity (Wildman–Crippen MR) is 233 cm³/mol. The Morgan fingerprint density at radius 3 is 2.04 bits per heavy atom. The average Bonchev–Trinajstić information content (AvgIpc) is 3.84.